The second-order valence-electron chi connectivity index (χ2n) is 4.55. The zero-order chi connectivity index (χ0) is 14.7. The SMILES string of the molecule is CCCOc1ccc(C(O)c2cc(C)c(Br)s2)cc1Br. The summed E-state index contributed by atoms with van der Waals surface area (Å²) in [4.78, 5) is 0.934. The van der Waals surface area contributed by atoms with Crippen LogP contribution in [0.15, 0.2) is 32.5 Å². The zero-order valence-corrected chi connectivity index (χ0v) is 15.3. The normalized spacial score (nSPS) is 12.4. The number of aliphatic hydroxyl groups excluding tert-OH is 1. The Morgan fingerprint density at radius 3 is 2.60 bits per heavy atom. The van der Waals surface area contributed by atoms with Crippen molar-refractivity contribution in [1.82, 2.24) is 0 Å². The van der Waals surface area contributed by atoms with E-state index in [-0.39, 0.29) is 0 Å². The molecule has 0 spiro atoms. The molecule has 1 heterocycles. The first-order chi connectivity index (χ1) is 9.52. The van der Waals surface area contributed by atoms with E-state index in [0.29, 0.717) is 6.61 Å². The highest BCUT2D eigenvalue weighted by Gasteiger charge is 2.16. The summed E-state index contributed by atoms with van der Waals surface area (Å²) in [6.07, 6.45) is 0.362. The Balaban J connectivity index is 2.22. The van der Waals surface area contributed by atoms with Gasteiger partial charge in [-0.25, -0.2) is 0 Å². The van der Waals surface area contributed by atoms with Crippen molar-refractivity contribution in [2.24, 2.45) is 0 Å². The molecule has 2 nitrogen and oxygen atoms in total. The van der Waals surface area contributed by atoms with Gasteiger partial charge in [0.25, 0.3) is 0 Å². The van der Waals surface area contributed by atoms with E-state index in [0.717, 1.165) is 36.4 Å². The molecule has 0 saturated heterocycles. The van der Waals surface area contributed by atoms with Crippen molar-refractivity contribution in [2.45, 2.75) is 26.4 Å². The van der Waals surface area contributed by atoms with Crippen molar-refractivity contribution in [3.8, 4) is 5.75 Å². The third-order valence-electron chi connectivity index (χ3n) is 2.88. The van der Waals surface area contributed by atoms with Crippen LogP contribution in [0.2, 0.25) is 0 Å². The van der Waals surface area contributed by atoms with Gasteiger partial charge in [0, 0.05) is 4.88 Å². The fraction of sp³-hybridized carbons (Fsp3) is 0.333. The molecule has 1 atom stereocenters. The predicted molar refractivity (Wildman–Crippen MR) is 90.7 cm³/mol. The first-order valence-corrected chi connectivity index (χ1v) is 8.79. The lowest BCUT2D eigenvalue weighted by atomic mass is 10.1. The lowest BCUT2D eigenvalue weighted by Crippen LogP contribution is -1.99. The molecule has 1 N–H and O–H groups in total. The van der Waals surface area contributed by atoms with Crippen LogP contribution in [-0.2, 0) is 0 Å². The molecule has 108 valence electrons. The predicted octanol–water partition coefficient (Wildman–Crippen LogP) is 5.45. The van der Waals surface area contributed by atoms with Gasteiger partial charge in [-0.15, -0.1) is 11.3 Å². The monoisotopic (exact) mass is 418 g/mol. The first kappa shape index (κ1) is 16.0. The minimum absolute atomic E-state index is 0.610. The minimum atomic E-state index is -0.610. The number of rotatable bonds is 5. The summed E-state index contributed by atoms with van der Waals surface area (Å²) in [5, 5.41) is 10.4. The molecule has 2 rings (SSSR count). The van der Waals surface area contributed by atoms with Crippen LogP contribution in [0.1, 0.15) is 35.5 Å². The van der Waals surface area contributed by atoms with E-state index in [1.165, 1.54) is 0 Å². The summed E-state index contributed by atoms with van der Waals surface area (Å²) >= 11 is 8.55. The molecule has 0 radical (unpaired) electrons. The van der Waals surface area contributed by atoms with Gasteiger partial charge < -0.3 is 9.84 Å². The van der Waals surface area contributed by atoms with Gasteiger partial charge in [0.2, 0.25) is 0 Å². The van der Waals surface area contributed by atoms with Crippen LogP contribution < -0.4 is 4.74 Å². The quantitative estimate of drug-likeness (QED) is 0.697. The van der Waals surface area contributed by atoms with E-state index in [4.69, 9.17) is 4.74 Å². The van der Waals surface area contributed by atoms with E-state index in [9.17, 15) is 5.11 Å². The van der Waals surface area contributed by atoms with Gasteiger partial charge in [-0.3, -0.25) is 0 Å². The average molecular weight is 420 g/mol. The second kappa shape index (κ2) is 7.07. The Bertz CT molecular complexity index is 576. The molecule has 1 unspecified atom stereocenters. The molecule has 1 aromatic carbocycles. The molecule has 0 amide bonds. The molecule has 2 aromatic rings. The maximum Gasteiger partial charge on any atom is 0.133 e. The molecule has 5 heteroatoms. The summed E-state index contributed by atoms with van der Waals surface area (Å²) in [6, 6.07) is 7.73. The van der Waals surface area contributed by atoms with Crippen molar-refractivity contribution in [1.29, 1.82) is 0 Å². The summed E-state index contributed by atoms with van der Waals surface area (Å²) in [5.74, 6) is 0.811. The van der Waals surface area contributed by atoms with Crippen molar-refractivity contribution >= 4 is 43.2 Å². The van der Waals surface area contributed by atoms with Crippen molar-refractivity contribution < 1.29 is 9.84 Å². The molecular formula is C15H16Br2O2S. The van der Waals surface area contributed by atoms with Gasteiger partial charge >= 0.3 is 0 Å². The van der Waals surface area contributed by atoms with E-state index < -0.39 is 6.10 Å². The lowest BCUT2D eigenvalue weighted by Gasteiger charge is -2.12. The minimum Gasteiger partial charge on any atom is -0.492 e. The molecule has 20 heavy (non-hydrogen) atoms. The fourth-order valence-electron chi connectivity index (χ4n) is 1.80. The van der Waals surface area contributed by atoms with E-state index in [2.05, 4.69) is 38.8 Å². The molecule has 1 aromatic heterocycles. The van der Waals surface area contributed by atoms with Crippen molar-refractivity contribution in [2.75, 3.05) is 6.61 Å². The molecule has 0 aliphatic heterocycles. The molecule has 0 aliphatic carbocycles. The summed E-state index contributed by atoms with van der Waals surface area (Å²) in [7, 11) is 0. The van der Waals surface area contributed by atoms with Crippen LogP contribution in [0.4, 0.5) is 0 Å². The summed E-state index contributed by atoms with van der Waals surface area (Å²) < 4.78 is 7.55. The number of aryl methyl sites for hydroxylation is 1. The number of hydrogen-bond donors (Lipinski definition) is 1. The van der Waals surface area contributed by atoms with Crippen LogP contribution in [0.25, 0.3) is 0 Å². The molecule has 0 aliphatic rings. The highest BCUT2D eigenvalue weighted by atomic mass is 79.9. The highest BCUT2D eigenvalue weighted by Crippen LogP contribution is 2.36. The standard InChI is InChI=1S/C15H16Br2O2S/c1-3-6-19-12-5-4-10(8-11(12)16)14(18)13-7-9(2)15(17)20-13/h4-5,7-8,14,18H,3,6H2,1-2H3. The van der Waals surface area contributed by atoms with Gasteiger partial charge in [0.05, 0.1) is 14.9 Å². The Kier molecular flexibility index (Phi) is 5.66. The fourth-order valence-corrected chi connectivity index (χ4v) is 3.90. The van der Waals surface area contributed by atoms with Crippen molar-refractivity contribution in [3.05, 3.63) is 48.5 Å². The smallest absolute Gasteiger partial charge is 0.133 e. The molecule has 0 saturated carbocycles. The number of ether oxygens (including phenoxy) is 1. The van der Waals surface area contributed by atoms with Gasteiger partial charge in [0.15, 0.2) is 0 Å². The van der Waals surface area contributed by atoms with Gasteiger partial charge in [-0.1, -0.05) is 13.0 Å². The zero-order valence-electron chi connectivity index (χ0n) is 11.3. The Labute approximate surface area is 140 Å². The number of halogens is 2. The largest absolute Gasteiger partial charge is 0.492 e. The van der Waals surface area contributed by atoms with Crippen LogP contribution >= 0.6 is 43.2 Å². The van der Waals surface area contributed by atoms with Crippen LogP contribution in [-0.4, -0.2) is 11.7 Å². The maximum absolute atomic E-state index is 10.4. The second-order valence-corrected chi connectivity index (χ2v) is 7.80. The number of hydrogen-bond acceptors (Lipinski definition) is 3. The highest BCUT2D eigenvalue weighted by molar-refractivity contribution is 9.11. The topological polar surface area (TPSA) is 29.5 Å². The van der Waals surface area contributed by atoms with Crippen LogP contribution in [0.5, 0.6) is 5.75 Å². The number of thiophene rings is 1. The van der Waals surface area contributed by atoms with E-state index >= 15 is 0 Å². The molecule has 0 fully saturated rings. The molecule has 0 bridgehead atoms. The van der Waals surface area contributed by atoms with E-state index in [1.807, 2.05) is 31.2 Å². The van der Waals surface area contributed by atoms with Crippen LogP contribution in [0.3, 0.4) is 0 Å². The van der Waals surface area contributed by atoms with E-state index in [1.54, 1.807) is 11.3 Å². The lowest BCUT2D eigenvalue weighted by molar-refractivity contribution is 0.224. The van der Waals surface area contributed by atoms with Gasteiger partial charge in [-0.05, 0) is 74.5 Å². The third-order valence-corrected chi connectivity index (χ3v) is 5.69. The van der Waals surface area contributed by atoms with Gasteiger partial charge in [0.1, 0.15) is 11.9 Å². The molecular weight excluding hydrogens is 404 g/mol. The maximum atomic E-state index is 10.4. The van der Waals surface area contributed by atoms with Gasteiger partial charge in [-0.2, -0.15) is 0 Å². The third kappa shape index (κ3) is 3.64. The first-order valence-electron chi connectivity index (χ1n) is 6.39. The number of aliphatic hydroxyl groups is 1. The average Bonchev–Trinajstić information content (AvgIpc) is 2.76. The number of benzene rings is 1. The Morgan fingerprint density at radius 1 is 1.30 bits per heavy atom. The Hall–Kier alpha value is -0.360. The summed E-state index contributed by atoms with van der Waals surface area (Å²) in [6.45, 7) is 4.79. The Morgan fingerprint density at radius 2 is 2.05 bits per heavy atom. The van der Waals surface area contributed by atoms with Crippen molar-refractivity contribution in [3.63, 3.8) is 0 Å². The van der Waals surface area contributed by atoms with Crippen LogP contribution in [0, 0.1) is 6.92 Å². The summed E-state index contributed by atoms with van der Waals surface area (Å²) in [5.41, 5.74) is 2.00.